The fraction of sp³-hybridized carbons (Fsp3) is 0.400. The van der Waals surface area contributed by atoms with E-state index in [0.29, 0.717) is 59.3 Å². The molecule has 0 spiro atoms. The molecule has 14 heteroatoms. The van der Waals surface area contributed by atoms with Crippen LogP contribution in [-0.4, -0.2) is 64.7 Å². The fourth-order valence-electron chi connectivity index (χ4n) is 5.80. The molecule has 0 aliphatic heterocycles. The van der Waals surface area contributed by atoms with E-state index < -0.39 is 35.9 Å². The molecular weight excluding hydrogens is 663 g/mol. The topological polar surface area (TPSA) is 131 Å². The highest BCUT2D eigenvalue weighted by molar-refractivity contribution is 6.35. The van der Waals surface area contributed by atoms with Crippen LogP contribution in [0, 0.1) is 0 Å². The maximum Gasteiger partial charge on any atom is 0.421 e. The molecule has 3 heterocycles. The maximum absolute atomic E-state index is 14.3. The van der Waals surface area contributed by atoms with Crippen LogP contribution in [0.1, 0.15) is 54.2 Å². The number of hydrogen-bond acceptors (Lipinski definition) is 10. The summed E-state index contributed by atoms with van der Waals surface area (Å²) < 4.78 is 59.7. The number of ether oxygens (including phenoxy) is 3. The van der Waals surface area contributed by atoms with Crippen molar-refractivity contribution in [3.63, 3.8) is 0 Å². The Kier molecular flexibility index (Phi) is 11.6. The summed E-state index contributed by atoms with van der Waals surface area (Å²) in [5.74, 6) is -0.164. The van der Waals surface area contributed by atoms with Gasteiger partial charge in [-0.15, -0.1) is 0 Å². The van der Waals surface area contributed by atoms with Crippen molar-refractivity contribution in [3.05, 3.63) is 81.5 Å². The fourth-order valence-corrected chi connectivity index (χ4v) is 6.12. The first kappa shape index (κ1) is 36.3. The van der Waals surface area contributed by atoms with E-state index in [0.717, 1.165) is 22.8 Å². The maximum atomic E-state index is 14.3. The van der Waals surface area contributed by atoms with Crippen molar-refractivity contribution in [2.75, 3.05) is 27.3 Å². The number of fused-ring (bicyclic) bond motifs is 1. The molecule has 0 unspecified atom stereocenters. The van der Waals surface area contributed by atoms with Crippen LogP contribution >= 0.6 is 11.6 Å². The van der Waals surface area contributed by atoms with Gasteiger partial charge in [0.2, 0.25) is 17.6 Å². The number of nitrogens with zero attached hydrogens (tertiary/aromatic N) is 3. The summed E-state index contributed by atoms with van der Waals surface area (Å²) in [4.78, 5) is 13.4. The minimum absolute atomic E-state index is 0.00449. The van der Waals surface area contributed by atoms with Crippen LogP contribution < -0.4 is 24.8 Å². The third-order valence-corrected chi connectivity index (χ3v) is 8.44. The van der Waals surface area contributed by atoms with Crippen molar-refractivity contribution in [1.82, 2.24) is 25.6 Å². The largest absolute Gasteiger partial charge is 0.481 e. The highest BCUT2D eigenvalue weighted by Crippen LogP contribution is 2.45. The normalized spacial score (nSPS) is 15.5. The molecule has 3 aromatic heterocycles. The molecule has 10 nitrogen and oxygen atoms in total. The van der Waals surface area contributed by atoms with Gasteiger partial charge in [-0.1, -0.05) is 35.9 Å². The number of aliphatic hydroxyl groups excluding tert-OH is 2. The summed E-state index contributed by atoms with van der Waals surface area (Å²) in [5, 5.41) is 25.5. The Morgan fingerprint density at radius 3 is 2.22 bits per heavy atom. The molecule has 0 amide bonds. The van der Waals surface area contributed by atoms with E-state index in [1.54, 1.807) is 32.2 Å². The zero-order valence-electron chi connectivity index (χ0n) is 27.6. The molecule has 4 aromatic rings. The summed E-state index contributed by atoms with van der Waals surface area (Å²) in [7, 11) is 2.86. The van der Waals surface area contributed by atoms with E-state index in [4.69, 9.17) is 25.8 Å². The van der Waals surface area contributed by atoms with Crippen molar-refractivity contribution in [1.29, 1.82) is 0 Å². The predicted molar refractivity (Wildman–Crippen MR) is 179 cm³/mol. The van der Waals surface area contributed by atoms with Crippen LogP contribution in [0.3, 0.4) is 0 Å². The van der Waals surface area contributed by atoms with E-state index in [2.05, 4.69) is 25.6 Å². The second-order valence-electron chi connectivity index (χ2n) is 11.9. The lowest BCUT2D eigenvalue weighted by Gasteiger charge is -2.21. The van der Waals surface area contributed by atoms with Gasteiger partial charge < -0.3 is 35.1 Å². The molecule has 1 aromatic carbocycles. The van der Waals surface area contributed by atoms with Crippen molar-refractivity contribution in [2.45, 2.75) is 64.3 Å². The number of aliphatic hydroxyl groups is 2. The summed E-state index contributed by atoms with van der Waals surface area (Å²) in [6.07, 6.45) is -4.06. The Morgan fingerprint density at radius 2 is 1.57 bits per heavy atom. The Bertz CT molecular complexity index is 1770. The monoisotopic (exact) mass is 701 g/mol. The molecule has 0 fully saturated rings. The number of rotatable bonds is 14. The summed E-state index contributed by atoms with van der Waals surface area (Å²) in [6, 6.07) is 11.9. The summed E-state index contributed by atoms with van der Waals surface area (Å²) >= 11 is 6.99. The Morgan fingerprint density at radius 1 is 0.898 bits per heavy atom. The Balaban J connectivity index is 1.45. The number of halogens is 4. The van der Waals surface area contributed by atoms with Gasteiger partial charge in [0.15, 0.2) is 0 Å². The molecular formula is C35H39ClF3N5O5. The minimum atomic E-state index is -4.74. The van der Waals surface area contributed by atoms with Gasteiger partial charge in [0.25, 0.3) is 0 Å². The van der Waals surface area contributed by atoms with Crippen LogP contribution in [0.15, 0.2) is 48.7 Å². The molecule has 0 saturated heterocycles. The number of hydrogen-bond donors (Lipinski definition) is 4. The van der Waals surface area contributed by atoms with Gasteiger partial charge in [0.05, 0.1) is 42.8 Å². The second kappa shape index (κ2) is 15.7. The molecule has 4 N–H and O–H groups in total. The van der Waals surface area contributed by atoms with Crippen molar-refractivity contribution >= 4 is 11.6 Å². The number of methoxy groups -OCH3 is 2. The van der Waals surface area contributed by atoms with Gasteiger partial charge >= 0.3 is 6.18 Å². The van der Waals surface area contributed by atoms with Gasteiger partial charge in [-0.25, -0.2) is 4.98 Å². The molecule has 0 saturated carbocycles. The second-order valence-corrected chi connectivity index (χ2v) is 12.2. The molecule has 1 aliphatic carbocycles. The molecule has 262 valence electrons. The molecule has 0 radical (unpaired) electrons. The molecule has 5 rings (SSSR count). The number of benzene rings is 1. The van der Waals surface area contributed by atoms with E-state index in [9.17, 15) is 23.4 Å². The highest BCUT2D eigenvalue weighted by Gasteiger charge is 2.38. The predicted octanol–water partition coefficient (Wildman–Crippen LogP) is 5.90. The third kappa shape index (κ3) is 8.42. The zero-order valence-corrected chi connectivity index (χ0v) is 28.3. The van der Waals surface area contributed by atoms with Crippen LogP contribution in [-0.2, 0) is 25.7 Å². The van der Waals surface area contributed by atoms with Gasteiger partial charge in [0, 0.05) is 54.6 Å². The van der Waals surface area contributed by atoms with E-state index in [-0.39, 0.29) is 24.5 Å². The van der Waals surface area contributed by atoms with Gasteiger partial charge in [-0.3, -0.25) is 4.98 Å². The summed E-state index contributed by atoms with van der Waals surface area (Å²) in [6.45, 7) is 4.34. The lowest BCUT2D eigenvalue weighted by Crippen LogP contribution is -2.24. The molecule has 3 atom stereocenters. The average molecular weight is 702 g/mol. The number of alkyl halides is 3. The van der Waals surface area contributed by atoms with E-state index in [1.165, 1.54) is 14.2 Å². The summed E-state index contributed by atoms with van der Waals surface area (Å²) in [5.41, 5.74) is 4.01. The van der Waals surface area contributed by atoms with Crippen LogP contribution in [0.5, 0.6) is 17.6 Å². The lowest BCUT2D eigenvalue weighted by atomic mass is 9.98. The lowest BCUT2D eigenvalue weighted by molar-refractivity contribution is -0.139. The first-order valence-electron chi connectivity index (χ1n) is 15.8. The first-order valence-corrected chi connectivity index (χ1v) is 16.2. The quantitative estimate of drug-likeness (QED) is 0.126. The van der Waals surface area contributed by atoms with Gasteiger partial charge in [-0.05, 0) is 56.0 Å². The standard InChI is InChI=1S/C35H39ClF3N5O5/c1-19(45)15-40-17-21-8-10-28(43-32(21)47-3)26-12-13-42-31(30(26)36)25-7-5-6-24-23(25)9-11-29(24)49-34-27(35(37,38)39)14-22(33(44-34)48-4)18-41-16-20(2)46/h5-8,10,12-14,19-20,29,40-41,45-46H,9,11,15-18H2,1-4H3/t19-,20+,29+/m1/s1. The molecule has 0 bridgehead atoms. The van der Waals surface area contributed by atoms with Crippen LogP contribution in [0.4, 0.5) is 13.2 Å². The first-order chi connectivity index (χ1) is 23.4. The third-order valence-electron chi connectivity index (χ3n) is 8.06. The van der Waals surface area contributed by atoms with Crippen molar-refractivity contribution in [2.24, 2.45) is 0 Å². The van der Waals surface area contributed by atoms with Gasteiger partial charge in [0.1, 0.15) is 11.7 Å². The van der Waals surface area contributed by atoms with Crippen molar-refractivity contribution < 1.29 is 37.6 Å². The minimum Gasteiger partial charge on any atom is -0.481 e. The van der Waals surface area contributed by atoms with Gasteiger partial charge in [-0.2, -0.15) is 18.2 Å². The zero-order chi connectivity index (χ0) is 35.3. The number of nitrogens with one attached hydrogen (secondary N) is 2. The Labute approximate surface area is 287 Å². The molecule has 1 aliphatic rings. The smallest absolute Gasteiger partial charge is 0.421 e. The van der Waals surface area contributed by atoms with E-state index >= 15 is 0 Å². The average Bonchev–Trinajstić information content (AvgIpc) is 3.47. The Hall–Kier alpha value is -4.01. The van der Waals surface area contributed by atoms with Crippen LogP contribution in [0.25, 0.3) is 22.5 Å². The van der Waals surface area contributed by atoms with E-state index in [1.807, 2.05) is 24.3 Å². The number of aromatic nitrogens is 3. The van der Waals surface area contributed by atoms with Crippen molar-refractivity contribution in [3.8, 4) is 40.2 Å². The SMILES string of the molecule is COc1nc(-c2ccnc(-c3cccc4c3CC[C@@H]4Oc3nc(OC)c(CNC[C@H](C)O)cc3C(F)(F)F)c2Cl)ccc1CNC[C@@H](C)O. The molecule has 49 heavy (non-hydrogen) atoms. The highest BCUT2D eigenvalue weighted by atomic mass is 35.5. The number of pyridine rings is 3. The van der Waals surface area contributed by atoms with Crippen LogP contribution in [0.2, 0.25) is 5.02 Å².